The average molecular weight is 224 g/mol. The second-order valence-corrected chi connectivity index (χ2v) is 5.16. The Kier molecular flexibility index (Phi) is 5.03. The standard InChI is InChI=1S/C7H16N2O4S/c1-4-5-9(6-7(10)11)14(12,13)8(2)3/h4-6H2,1-3H3,(H,10,11). The van der Waals surface area contributed by atoms with Crippen LogP contribution in [0.3, 0.4) is 0 Å². The van der Waals surface area contributed by atoms with Crippen molar-refractivity contribution in [3.8, 4) is 0 Å². The van der Waals surface area contributed by atoms with E-state index in [-0.39, 0.29) is 6.54 Å². The summed E-state index contributed by atoms with van der Waals surface area (Å²) in [6.07, 6.45) is 0.584. The van der Waals surface area contributed by atoms with E-state index in [4.69, 9.17) is 5.11 Å². The lowest BCUT2D eigenvalue weighted by atomic mass is 10.5. The molecule has 0 aliphatic heterocycles. The van der Waals surface area contributed by atoms with E-state index >= 15 is 0 Å². The van der Waals surface area contributed by atoms with Gasteiger partial charge >= 0.3 is 5.97 Å². The Morgan fingerprint density at radius 3 is 2.14 bits per heavy atom. The molecule has 0 spiro atoms. The smallest absolute Gasteiger partial charge is 0.318 e. The van der Waals surface area contributed by atoms with Gasteiger partial charge in [-0.3, -0.25) is 4.79 Å². The molecule has 0 aromatic heterocycles. The maximum atomic E-state index is 11.5. The van der Waals surface area contributed by atoms with Gasteiger partial charge in [0, 0.05) is 20.6 Å². The summed E-state index contributed by atoms with van der Waals surface area (Å²) in [5.41, 5.74) is 0. The lowest BCUT2D eigenvalue weighted by Crippen LogP contribution is -2.43. The minimum atomic E-state index is -3.61. The van der Waals surface area contributed by atoms with Gasteiger partial charge in [0.1, 0.15) is 6.54 Å². The van der Waals surface area contributed by atoms with Crippen molar-refractivity contribution in [3.63, 3.8) is 0 Å². The Bertz CT molecular complexity index is 286. The molecule has 0 aliphatic rings. The molecule has 0 saturated carbocycles. The number of rotatable bonds is 6. The number of carbonyl (C=O) groups is 1. The Labute approximate surface area is 84.3 Å². The summed E-state index contributed by atoms with van der Waals surface area (Å²) in [6, 6.07) is 0. The van der Waals surface area contributed by atoms with Gasteiger partial charge in [-0.2, -0.15) is 17.0 Å². The fourth-order valence-corrected chi connectivity index (χ4v) is 2.06. The molecule has 1 N–H and O–H groups in total. The molecule has 0 bridgehead atoms. The minimum absolute atomic E-state index is 0.215. The molecule has 0 atom stereocenters. The molecule has 0 fully saturated rings. The Morgan fingerprint density at radius 2 is 1.86 bits per heavy atom. The number of hydrogen-bond donors (Lipinski definition) is 1. The summed E-state index contributed by atoms with van der Waals surface area (Å²) in [5, 5.41) is 8.53. The lowest BCUT2D eigenvalue weighted by molar-refractivity contribution is -0.137. The summed E-state index contributed by atoms with van der Waals surface area (Å²) >= 11 is 0. The van der Waals surface area contributed by atoms with Gasteiger partial charge in [0.25, 0.3) is 10.2 Å². The molecular weight excluding hydrogens is 208 g/mol. The molecule has 14 heavy (non-hydrogen) atoms. The van der Waals surface area contributed by atoms with E-state index in [0.717, 1.165) is 8.61 Å². The van der Waals surface area contributed by atoms with Crippen LogP contribution >= 0.6 is 0 Å². The van der Waals surface area contributed by atoms with Crippen molar-refractivity contribution in [1.29, 1.82) is 0 Å². The van der Waals surface area contributed by atoms with E-state index in [0.29, 0.717) is 6.42 Å². The van der Waals surface area contributed by atoms with Crippen molar-refractivity contribution in [2.45, 2.75) is 13.3 Å². The van der Waals surface area contributed by atoms with Crippen molar-refractivity contribution in [2.75, 3.05) is 27.2 Å². The van der Waals surface area contributed by atoms with Crippen molar-refractivity contribution >= 4 is 16.2 Å². The van der Waals surface area contributed by atoms with Gasteiger partial charge < -0.3 is 5.11 Å². The highest BCUT2D eigenvalue weighted by atomic mass is 32.2. The van der Waals surface area contributed by atoms with Gasteiger partial charge in [-0.25, -0.2) is 0 Å². The summed E-state index contributed by atoms with van der Waals surface area (Å²) in [4.78, 5) is 10.4. The third-order valence-electron chi connectivity index (χ3n) is 1.57. The molecule has 0 rings (SSSR count). The number of carboxylic acids is 1. The number of hydrogen-bond acceptors (Lipinski definition) is 3. The number of carboxylic acid groups (broad SMARTS) is 1. The topological polar surface area (TPSA) is 77.9 Å². The van der Waals surface area contributed by atoms with Crippen LogP contribution in [-0.4, -0.2) is 55.3 Å². The van der Waals surface area contributed by atoms with Gasteiger partial charge in [0.15, 0.2) is 0 Å². The van der Waals surface area contributed by atoms with E-state index in [1.807, 2.05) is 0 Å². The maximum Gasteiger partial charge on any atom is 0.318 e. The van der Waals surface area contributed by atoms with E-state index < -0.39 is 22.7 Å². The van der Waals surface area contributed by atoms with E-state index in [9.17, 15) is 13.2 Å². The third-order valence-corrected chi connectivity index (χ3v) is 3.46. The molecule has 0 aliphatic carbocycles. The highest BCUT2D eigenvalue weighted by Crippen LogP contribution is 2.04. The first kappa shape index (κ1) is 13.3. The van der Waals surface area contributed by atoms with Crippen LogP contribution in [0.4, 0.5) is 0 Å². The Balaban J connectivity index is 4.73. The third kappa shape index (κ3) is 3.60. The first-order chi connectivity index (χ1) is 6.32. The first-order valence-electron chi connectivity index (χ1n) is 4.21. The molecular formula is C7H16N2O4S. The Morgan fingerprint density at radius 1 is 1.36 bits per heavy atom. The van der Waals surface area contributed by atoms with Gasteiger partial charge in [-0.1, -0.05) is 6.92 Å². The lowest BCUT2D eigenvalue weighted by Gasteiger charge is -2.23. The molecule has 84 valence electrons. The summed E-state index contributed by atoms with van der Waals surface area (Å²) in [7, 11) is -0.861. The fourth-order valence-electron chi connectivity index (χ4n) is 0.907. The maximum absolute atomic E-state index is 11.5. The van der Waals surface area contributed by atoms with Crippen LogP contribution in [-0.2, 0) is 15.0 Å². The van der Waals surface area contributed by atoms with E-state index in [2.05, 4.69) is 0 Å². The zero-order valence-electron chi connectivity index (χ0n) is 8.60. The van der Waals surface area contributed by atoms with Crippen LogP contribution < -0.4 is 0 Å². The second kappa shape index (κ2) is 5.28. The number of nitrogens with zero attached hydrogens (tertiary/aromatic N) is 2. The Hall–Kier alpha value is -0.660. The van der Waals surface area contributed by atoms with Crippen LogP contribution in [0.25, 0.3) is 0 Å². The summed E-state index contributed by atoms with van der Waals surface area (Å²) in [5.74, 6) is -1.15. The quantitative estimate of drug-likeness (QED) is 0.665. The number of aliphatic carboxylic acids is 1. The van der Waals surface area contributed by atoms with Crippen molar-refractivity contribution < 1.29 is 18.3 Å². The SMILES string of the molecule is CCCN(CC(=O)O)S(=O)(=O)N(C)C. The van der Waals surface area contributed by atoms with Gasteiger partial charge in [0.2, 0.25) is 0 Å². The summed E-state index contributed by atoms with van der Waals surface area (Å²) < 4.78 is 25.0. The molecule has 0 amide bonds. The molecule has 7 heteroatoms. The molecule has 6 nitrogen and oxygen atoms in total. The van der Waals surface area contributed by atoms with E-state index in [1.54, 1.807) is 6.92 Å². The average Bonchev–Trinajstić information content (AvgIpc) is 2.02. The van der Waals surface area contributed by atoms with Crippen LogP contribution in [0.5, 0.6) is 0 Å². The van der Waals surface area contributed by atoms with Crippen LogP contribution in [0, 0.1) is 0 Å². The van der Waals surface area contributed by atoms with Crippen LogP contribution in [0.15, 0.2) is 0 Å². The highest BCUT2D eigenvalue weighted by molar-refractivity contribution is 7.86. The zero-order valence-corrected chi connectivity index (χ0v) is 9.41. The van der Waals surface area contributed by atoms with Gasteiger partial charge in [-0.15, -0.1) is 0 Å². The van der Waals surface area contributed by atoms with Crippen molar-refractivity contribution in [1.82, 2.24) is 8.61 Å². The van der Waals surface area contributed by atoms with Crippen LogP contribution in [0.1, 0.15) is 13.3 Å². The monoisotopic (exact) mass is 224 g/mol. The molecule has 0 heterocycles. The van der Waals surface area contributed by atoms with Gasteiger partial charge in [-0.05, 0) is 6.42 Å². The van der Waals surface area contributed by atoms with Gasteiger partial charge in [0.05, 0.1) is 0 Å². The second-order valence-electron chi connectivity index (χ2n) is 3.02. The highest BCUT2D eigenvalue weighted by Gasteiger charge is 2.25. The minimum Gasteiger partial charge on any atom is -0.480 e. The zero-order chi connectivity index (χ0) is 11.4. The normalized spacial score (nSPS) is 12.4. The van der Waals surface area contributed by atoms with Crippen molar-refractivity contribution in [3.05, 3.63) is 0 Å². The molecule has 0 radical (unpaired) electrons. The molecule has 0 unspecified atom stereocenters. The largest absolute Gasteiger partial charge is 0.480 e. The first-order valence-corrected chi connectivity index (χ1v) is 5.61. The molecule has 0 aromatic rings. The predicted molar refractivity (Wildman–Crippen MR) is 52.1 cm³/mol. The van der Waals surface area contributed by atoms with E-state index in [1.165, 1.54) is 14.1 Å². The molecule has 0 aromatic carbocycles. The van der Waals surface area contributed by atoms with Crippen LogP contribution in [0.2, 0.25) is 0 Å². The summed E-state index contributed by atoms with van der Waals surface area (Å²) in [6.45, 7) is 1.52. The van der Waals surface area contributed by atoms with Crippen molar-refractivity contribution in [2.24, 2.45) is 0 Å². The predicted octanol–water partition coefficient (Wildman–Crippen LogP) is -0.411. The molecule has 0 saturated heterocycles. The fraction of sp³-hybridized carbons (Fsp3) is 0.857.